The lowest BCUT2D eigenvalue weighted by atomic mass is 10.2. The van der Waals surface area contributed by atoms with Crippen molar-refractivity contribution in [1.82, 2.24) is 20.3 Å². The summed E-state index contributed by atoms with van der Waals surface area (Å²) < 4.78 is 32.1. The van der Waals surface area contributed by atoms with Gasteiger partial charge in [-0.3, -0.25) is 0 Å². The van der Waals surface area contributed by atoms with Gasteiger partial charge in [-0.15, -0.1) is 10.2 Å². The molecular formula is C17H11F2N5OS2. The summed E-state index contributed by atoms with van der Waals surface area (Å²) in [4.78, 5) is 4.29. The summed E-state index contributed by atoms with van der Waals surface area (Å²) in [6, 6.07) is 12.0. The van der Waals surface area contributed by atoms with E-state index in [1.165, 1.54) is 47.4 Å². The second kappa shape index (κ2) is 7.80. The van der Waals surface area contributed by atoms with Crippen molar-refractivity contribution in [2.45, 2.75) is 10.1 Å². The largest absolute Gasteiger partial charge is 0.338 e. The van der Waals surface area contributed by atoms with Crippen molar-refractivity contribution in [3.63, 3.8) is 0 Å². The van der Waals surface area contributed by atoms with Gasteiger partial charge in [0.1, 0.15) is 11.6 Å². The van der Waals surface area contributed by atoms with Crippen molar-refractivity contribution in [2.24, 2.45) is 0 Å². The van der Waals surface area contributed by atoms with Crippen molar-refractivity contribution in [3.05, 3.63) is 66.1 Å². The van der Waals surface area contributed by atoms with Gasteiger partial charge in [0.25, 0.3) is 0 Å². The van der Waals surface area contributed by atoms with E-state index in [1.807, 2.05) is 0 Å². The minimum absolute atomic E-state index is 0.322. The van der Waals surface area contributed by atoms with Crippen LogP contribution in [-0.2, 0) is 5.75 Å². The Balaban J connectivity index is 1.37. The molecule has 2 aromatic heterocycles. The van der Waals surface area contributed by atoms with Crippen molar-refractivity contribution in [2.75, 3.05) is 5.32 Å². The minimum Gasteiger partial charge on any atom is -0.338 e. The number of thioether (sulfide) groups is 1. The first-order chi connectivity index (χ1) is 13.2. The number of benzene rings is 2. The average Bonchev–Trinajstić information content (AvgIpc) is 3.30. The van der Waals surface area contributed by atoms with Gasteiger partial charge >= 0.3 is 0 Å². The van der Waals surface area contributed by atoms with Crippen molar-refractivity contribution >= 4 is 33.9 Å². The fourth-order valence-electron chi connectivity index (χ4n) is 2.16. The molecule has 136 valence electrons. The third kappa shape index (κ3) is 4.47. The van der Waals surface area contributed by atoms with Crippen LogP contribution in [0.2, 0.25) is 0 Å². The summed E-state index contributed by atoms with van der Waals surface area (Å²) in [6.07, 6.45) is 0. The number of hydrogen-bond acceptors (Lipinski definition) is 8. The van der Waals surface area contributed by atoms with Crippen LogP contribution in [-0.4, -0.2) is 20.3 Å². The molecular weight excluding hydrogens is 392 g/mol. The Labute approximate surface area is 160 Å². The van der Waals surface area contributed by atoms with Crippen LogP contribution in [0.4, 0.5) is 19.6 Å². The molecule has 10 heteroatoms. The molecule has 0 amide bonds. The van der Waals surface area contributed by atoms with Crippen molar-refractivity contribution in [3.8, 4) is 11.4 Å². The van der Waals surface area contributed by atoms with E-state index in [0.29, 0.717) is 38.2 Å². The third-order valence-electron chi connectivity index (χ3n) is 3.37. The van der Waals surface area contributed by atoms with E-state index in [0.717, 1.165) is 0 Å². The molecule has 0 saturated carbocycles. The summed E-state index contributed by atoms with van der Waals surface area (Å²) in [5, 5.41) is 15.5. The lowest BCUT2D eigenvalue weighted by Gasteiger charge is -2.00. The Morgan fingerprint density at radius 1 is 1.04 bits per heavy atom. The van der Waals surface area contributed by atoms with Crippen molar-refractivity contribution in [1.29, 1.82) is 0 Å². The van der Waals surface area contributed by atoms with E-state index in [2.05, 4.69) is 25.7 Å². The number of anilines is 2. The lowest BCUT2D eigenvalue weighted by Crippen LogP contribution is -1.89. The molecule has 0 bridgehead atoms. The third-order valence-corrected chi connectivity index (χ3v) is 5.33. The zero-order chi connectivity index (χ0) is 18.6. The summed E-state index contributed by atoms with van der Waals surface area (Å²) in [6.45, 7) is 0. The molecule has 1 N–H and O–H groups in total. The van der Waals surface area contributed by atoms with Gasteiger partial charge < -0.3 is 9.84 Å². The monoisotopic (exact) mass is 403 g/mol. The van der Waals surface area contributed by atoms with Gasteiger partial charge in [0.2, 0.25) is 16.8 Å². The summed E-state index contributed by atoms with van der Waals surface area (Å²) >= 11 is 2.73. The number of rotatable bonds is 6. The van der Waals surface area contributed by atoms with Gasteiger partial charge in [-0.05, 0) is 42.5 Å². The highest BCUT2D eigenvalue weighted by atomic mass is 32.2. The Bertz CT molecular complexity index is 1050. The molecule has 0 atom stereocenters. The van der Waals surface area contributed by atoms with Gasteiger partial charge in [-0.1, -0.05) is 34.3 Å². The van der Waals surface area contributed by atoms with Crippen LogP contribution >= 0.6 is 23.1 Å². The molecule has 0 saturated heterocycles. The molecule has 4 rings (SSSR count). The van der Waals surface area contributed by atoms with Crippen LogP contribution in [0.15, 0.2) is 57.4 Å². The van der Waals surface area contributed by atoms with Crippen LogP contribution in [0.1, 0.15) is 5.89 Å². The molecule has 0 aliphatic heterocycles. The minimum atomic E-state index is -0.326. The first kappa shape index (κ1) is 17.6. The van der Waals surface area contributed by atoms with Crippen molar-refractivity contribution < 1.29 is 13.3 Å². The Morgan fingerprint density at radius 3 is 2.70 bits per heavy atom. The Kier molecular flexibility index (Phi) is 5.07. The molecule has 6 nitrogen and oxygen atoms in total. The molecule has 0 aliphatic carbocycles. The molecule has 0 unspecified atom stereocenters. The maximum Gasteiger partial charge on any atom is 0.237 e. The predicted octanol–water partition coefficient (Wildman–Crippen LogP) is 4.90. The molecule has 2 heterocycles. The van der Waals surface area contributed by atoms with Gasteiger partial charge in [0, 0.05) is 11.3 Å². The maximum atomic E-state index is 13.2. The summed E-state index contributed by atoms with van der Waals surface area (Å²) in [5.74, 6) is 0.595. The first-order valence-corrected chi connectivity index (χ1v) is 9.53. The number of nitrogens with zero attached hydrogens (tertiary/aromatic N) is 4. The summed E-state index contributed by atoms with van der Waals surface area (Å²) in [7, 11) is 0. The topological polar surface area (TPSA) is 76.7 Å². The normalized spacial score (nSPS) is 10.9. The SMILES string of the molecule is Fc1ccc(-c2noc(CSc3nnc(Nc4cccc(F)c4)s3)n2)cc1. The van der Waals surface area contributed by atoms with Gasteiger partial charge in [-0.2, -0.15) is 4.98 Å². The van der Waals surface area contributed by atoms with Gasteiger partial charge in [0.15, 0.2) is 4.34 Å². The highest BCUT2D eigenvalue weighted by Gasteiger charge is 2.11. The number of aromatic nitrogens is 4. The molecule has 27 heavy (non-hydrogen) atoms. The van der Waals surface area contributed by atoms with E-state index >= 15 is 0 Å². The fraction of sp³-hybridized carbons (Fsp3) is 0.0588. The highest BCUT2D eigenvalue weighted by Crippen LogP contribution is 2.30. The summed E-state index contributed by atoms with van der Waals surface area (Å²) in [5.41, 5.74) is 1.28. The van der Waals surface area contributed by atoms with E-state index in [-0.39, 0.29) is 11.6 Å². The van der Waals surface area contributed by atoms with Gasteiger partial charge in [-0.25, -0.2) is 8.78 Å². The van der Waals surface area contributed by atoms with Crippen LogP contribution < -0.4 is 5.32 Å². The molecule has 0 radical (unpaired) electrons. The molecule has 4 aromatic rings. The lowest BCUT2D eigenvalue weighted by molar-refractivity contribution is 0.391. The maximum absolute atomic E-state index is 13.2. The quantitative estimate of drug-likeness (QED) is 0.459. The molecule has 0 fully saturated rings. The highest BCUT2D eigenvalue weighted by molar-refractivity contribution is 8.00. The van der Waals surface area contributed by atoms with E-state index in [4.69, 9.17) is 4.52 Å². The first-order valence-electron chi connectivity index (χ1n) is 7.73. The average molecular weight is 403 g/mol. The van der Waals surface area contributed by atoms with Crippen LogP contribution in [0.5, 0.6) is 0 Å². The van der Waals surface area contributed by atoms with E-state index < -0.39 is 0 Å². The second-order valence-electron chi connectivity index (χ2n) is 5.32. The van der Waals surface area contributed by atoms with Gasteiger partial charge in [0.05, 0.1) is 5.75 Å². The molecule has 0 spiro atoms. The number of halogens is 2. The van der Waals surface area contributed by atoms with Crippen LogP contribution in [0.3, 0.4) is 0 Å². The van der Waals surface area contributed by atoms with E-state index in [9.17, 15) is 8.78 Å². The fourth-order valence-corrected chi connectivity index (χ4v) is 3.77. The molecule has 0 aliphatic rings. The smallest absolute Gasteiger partial charge is 0.237 e. The predicted molar refractivity (Wildman–Crippen MR) is 98.8 cm³/mol. The molecule has 2 aromatic carbocycles. The number of hydrogen-bond donors (Lipinski definition) is 1. The van der Waals surface area contributed by atoms with Crippen LogP contribution in [0, 0.1) is 11.6 Å². The number of nitrogens with one attached hydrogen (secondary N) is 1. The Hall–Kier alpha value is -2.85. The van der Waals surface area contributed by atoms with Crippen LogP contribution in [0.25, 0.3) is 11.4 Å². The Morgan fingerprint density at radius 2 is 1.89 bits per heavy atom. The standard InChI is InChI=1S/C17H11F2N5OS2/c18-11-6-4-10(5-7-11)15-21-14(25-24-15)9-26-17-23-22-16(27-17)20-13-3-1-2-12(19)8-13/h1-8H,9H2,(H,20,22). The zero-order valence-corrected chi connectivity index (χ0v) is 15.2. The zero-order valence-electron chi connectivity index (χ0n) is 13.6. The second-order valence-corrected chi connectivity index (χ2v) is 7.52. The van der Waals surface area contributed by atoms with E-state index in [1.54, 1.807) is 24.3 Å².